The van der Waals surface area contributed by atoms with E-state index in [0.29, 0.717) is 19.3 Å². The number of alkyl halides is 1. The number of aliphatic hydroxyl groups excluding tert-OH is 1. The number of carboxylic acid groups (broad SMARTS) is 1. The Morgan fingerprint density at radius 1 is 1.50 bits per heavy atom. The van der Waals surface area contributed by atoms with E-state index in [1.807, 2.05) is 0 Å². The molecule has 0 aromatic heterocycles. The van der Waals surface area contributed by atoms with E-state index in [1.165, 1.54) is 0 Å². The zero-order chi connectivity index (χ0) is 7.98. The molecule has 0 spiro atoms. The second kappa shape index (κ2) is 5.50. The first-order valence-electron chi connectivity index (χ1n) is 3.16. The number of aliphatic hydroxyl groups is 1. The van der Waals surface area contributed by atoms with Crippen LogP contribution in [0.4, 0.5) is 0 Å². The van der Waals surface area contributed by atoms with Crippen molar-refractivity contribution >= 4 is 17.6 Å². The molecule has 0 aliphatic carbocycles. The number of halogens is 1. The van der Waals surface area contributed by atoms with E-state index >= 15 is 0 Å². The predicted octanol–water partition coefficient (Wildman–Crippen LogP) is 0.841. The van der Waals surface area contributed by atoms with Gasteiger partial charge in [-0.1, -0.05) is 0 Å². The molecular formula is C6H11ClO3. The Balaban J connectivity index is 3.21. The molecule has 1 atom stereocenters. The summed E-state index contributed by atoms with van der Waals surface area (Å²) in [7, 11) is 0. The van der Waals surface area contributed by atoms with Gasteiger partial charge in [-0.15, -0.1) is 11.6 Å². The number of carbonyl (C=O) groups is 1. The summed E-state index contributed by atoms with van der Waals surface area (Å²) in [4.78, 5) is 10.1. The molecule has 3 nitrogen and oxygen atoms in total. The molecule has 0 heterocycles. The molecule has 60 valence electrons. The summed E-state index contributed by atoms with van der Waals surface area (Å²) >= 11 is 5.37. The minimum Gasteiger partial charge on any atom is -0.480 e. The van der Waals surface area contributed by atoms with Crippen LogP contribution in [0.3, 0.4) is 0 Å². The fourth-order valence-electron chi connectivity index (χ4n) is 0.559. The van der Waals surface area contributed by atoms with Gasteiger partial charge in [0.25, 0.3) is 0 Å². The zero-order valence-electron chi connectivity index (χ0n) is 5.59. The van der Waals surface area contributed by atoms with Gasteiger partial charge in [-0.3, -0.25) is 4.79 Å². The van der Waals surface area contributed by atoms with E-state index < -0.39 is 11.3 Å². The molecule has 0 bridgehead atoms. The summed E-state index contributed by atoms with van der Waals surface area (Å²) in [5.41, 5.74) is 0. The molecule has 1 unspecified atom stereocenters. The number of aliphatic carboxylic acids is 1. The Kier molecular flexibility index (Phi) is 5.35. The van der Waals surface area contributed by atoms with Crippen molar-refractivity contribution in [1.29, 1.82) is 0 Å². The fraction of sp³-hybridized carbons (Fsp3) is 0.833. The van der Waals surface area contributed by atoms with Crippen molar-refractivity contribution in [2.24, 2.45) is 0 Å². The monoisotopic (exact) mass is 166 g/mol. The van der Waals surface area contributed by atoms with Crippen LogP contribution in [0.5, 0.6) is 0 Å². The summed E-state index contributed by atoms with van der Waals surface area (Å²) in [6.07, 6.45) is 1.71. The molecule has 0 saturated carbocycles. The Morgan fingerprint density at radius 3 is 2.50 bits per heavy atom. The van der Waals surface area contributed by atoms with E-state index in [9.17, 15) is 4.79 Å². The molecule has 0 rings (SSSR count). The predicted molar refractivity (Wildman–Crippen MR) is 38.2 cm³/mol. The second-order valence-corrected chi connectivity index (χ2v) is 2.55. The second-order valence-electron chi connectivity index (χ2n) is 2.03. The number of rotatable bonds is 5. The Labute approximate surface area is 64.6 Å². The van der Waals surface area contributed by atoms with Crippen molar-refractivity contribution in [1.82, 2.24) is 0 Å². The van der Waals surface area contributed by atoms with Crippen LogP contribution in [0.15, 0.2) is 0 Å². The highest BCUT2D eigenvalue weighted by Gasteiger charge is 2.11. The largest absolute Gasteiger partial charge is 0.480 e. The molecule has 0 fully saturated rings. The van der Waals surface area contributed by atoms with E-state index in [0.717, 1.165) is 0 Å². The molecule has 2 N–H and O–H groups in total. The lowest BCUT2D eigenvalue weighted by molar-refractivity contribution is -0.136. The van der Waals surface area contributed by atoms with Crippen LogP contribution < -0.4 is 0 Å². The van der Waals surface area contributed by atoms with Crippen molar-refractivity contribution < 1.29 is 15.0 Å². The lowest BCUT2D eigenvalue weighted by Gasteiger charge is -2.00. The van der Waals surface area contributed by atoms with Crippen molar-refractivity contribution in [2.75, 3.05) is 6.61 Å². The van der Waals surface area contributed by atoms with Gasteiger partial charge in [0.05, 0.1) is 0 Å². The van der Waals surface area contributed by atoms with Gasteiger partial charge in [0.2, 0.25) is 0 Å². The van der Waals surface area contributed by atoms with Crippen molar-refractivity contribution in [3.63, 3.8) is 0 Å². The summed E-state index contributed by atoms with van der Waals surface area (Å²) in [5.74, 6) is -0.986. The first kappa shape index (κ1) is 9.72. The molecule has 0 aliphatic heterocycles. The minimum atomic E-state index is -0.986. The van der Waals surface area contributed by atoms with Crippen molar-refractivity contribution in [3.8, 4) is 0 Å². The Morgan fingerprint density at radius 2 is 2.10 bits per heavy atom. The number of hydrogen-bond acceptors (Lipinski definition) is 2. The van der Waals surface area contributed by atoms with Crippen LogP contribution in [-0.2, 0) is 4.79 Å². The smallest absolute Gasteiger partial charge is 0.321 e. The third kappa shape index (κ3) is 4.58. The topological polar surface area (TPSA) is 57.5 Å². The van der Waals surface area contributed by atoms with Gasteiger partial charge in [-0.2, -0.15) is 0 Å². The molecule has 0 aromatic carbocycles. The maximum Gasteiger partial charge on any atom is 0.321 e. The van der Waals surface area contributed by atoms with Gasteiger partial charge in [0.15, 0.2) is 0 Å². The van der Waals surface area contributed by atoms with E-state index in [1.54, 1.807) is 0 Å². The van der Waals surface area contributed by atoms with Gasteiger partial charge in [-0.05, 0) is 19.3 Å². The van der Waals surface area contributed by atoms with Gasteiger partial charge in [-0.25, -0.2) is 0 Å². The molecule has 0 aliphatic rings. The van der Waals surface area contributed by atoms with Crippen LogP contribution in [0.2, 0.25) is 0 Å². The minimum absolute atomic E-state index is 0.100. The maximum absolute atomic E-state index is 10.1. The van der Waals surface area contributed by atoms with E-state index in [-0.39, 0.29) is 6.61 Å². The van der Waals surface area contributed by atoms with Crippen molar-refractivity contribution in [3.05, 3.63) is 0 Å². The van der Waals surface area contributed by atoms with Crippen LogP contribution >= 0.6 is 11.6 Å². The molecule has 0 aromatic rings. The van der Waals surface area contributed by atoms with Gasteiger partial charge in [0, 0.05) is 6.61 Å². The summed E-state index contributed by atoms with van der Waals surface area (Å²) in [5, 5.41) is 15.8. The lowest BCUT2D eigenvalue weighted by Crippen LogP contribution is -2.12. The maximum atomic E-state index is 10.1. The third-order valence-electron chi connectivity index (χ3n) is 1.13. The molecule has 0 saturated heterocycles. The first-order valence-corrected chi connectivity index (χ1v) is 3.60. The van der Waals surface area contributed by atoms with E-state index in [2.05, 4.69) is 0 Å². The SMILES string of the molecule is O=C(O)C(Cl)CCCCO. The molecular weight excluding hydrogens is 156 g/mol. The van der Waals surface area contributed by atoms with Crippen LogP contribution in [-0.4, -0.2) is 28.2 Å². The zero-order valence-corrected chi connectivity index (χ0v) is 6.34. The number of hydrogen-bond donors (Lipinski definition) is 2. The number of carboxylic acids is 1. The van der Waals surface area contributed by atoms with Gasteiger partial charge >= 0.3 is 5.97 Å². The summed E-state index contributed by atoms with van der Waals surface area (Å²) < 4.78 is 0. The third-order valence-corrected chi connectivity index (χ3v) is 1.54. The Bertz CT molecular complexity index is 105. The Hall–Kier alpha value is -0.280. The molecule has 10 heavy (non-hydrogen) atoms. The van der Waals surface area contributed by atoms with E-state index in [4.69, 9.17) is 21.8 Å². The van der Waals surface area contributed by atoms with Gasteiger partial charge < -0.3 is 10.2 Å². The average Bonchev–Trinajstić information content (AvgIpc) is 1.88. The molecule has 0 radical (unpaired) electrons. The molecule has 4 heteroatoms. The summed E-state index contributed by atoms with van der Waals surface area (Å²) in [6.45, 7) is 0.100. The standard InChI is InChI=1S/C6H11ClO3/c7-5(6(9)10)3-1-2-4-8/h5,8H,1-4H2,(H,9,10). The fourth-order valence-corrected chi connectivity index (χ4v) is 0.713. The van der Waals surface area contributed by atoms with Gasteiger partial charge in [0.1, 0.15) is 5.38 Å². The normalized spacial score (nSPS) is 13.0. The lowest BCUT2D eigenvalue weighted by atomic mass is 10.2. The first-order chi connectivity index (χ1) is 4.68. The van der Waals surface area contributed by atoms with Crippen LogP contribution in [0, 0.1) is 0 Å². The average molecular weight is 167 g/mol. The summed E-state index contributed by atoms with van der Waals surface area (Å²) in [6, 6.07) is 0. The van der Waals surface area contributed by atoms with Crippen LogP contribution in [0.25, 0.3) is 0 Å². The number of unbranched alkanes of at least 4 members (excludes halogenated alkanes) is 1. The highest BCUT2D eigenvalue weighted by atomic mass is 35.5. The quantitative estimate of drug-likeness (QED) is 0.470. The van der Waals surface area contributed by atoms with Crippen molar-refractivity contribution in [2.45, 2.75) is 24.6 Å². The molecule has 0 amide bonds. The highest BCUT2D eigenvalue weighted by molar-refractivity contribution is 6.29. The van der Waals surface area contributed by atoms with Crippen LogP contribution in [0.1, 0.15) is 19.3 Å². The highest BCUT2D eigenvalue weighted by Crippen LogP contribution is 2.06.